The van der Waals surface area contributed by atoms with Gasteiger partial charge in [0, 0.05) is 5.41 Å². The minimum Gasteiger partial charge on any atom is -0.102 e. The van der Waals surface area contributed by atoms with Crippen LogP contribution in [0.15, 0.2) is 23.8 Å². The molecule has 0 heterocycles. The summed E-state index contributed by atoms with van der Waals surface area (Å²) in [6.45, 7) is 8.72. The second kappa shape index (κ2) is 1.94. The number of allylic oxidation sites excluding steroid dienone is 3. The molecule has 0 saturated heterocycles. The van der Waals surface area contributed by atoms with E-state index in [1.807, 2.05) is 11.1 Å². The molecule has 3 aliphatic carbocycles. The molecule has 0 aliphatic heterocycles. The topological polar surface area (TPSA) is 0 Å². The minimum absolute atomic E-state index is 0.477. The standard InChI is InChI=1S/C13H18/c1-4-12(3)8-13(12)7-11(13)10-6-5-9(10)2/h4,9H,1,5-8H2,2-3H3. The van der Waals surface area contributed by atoms with Crippen LogP contribution in [-0.2, 0) is 0 Å². The van der Waals surface area contributed by atoms with E-state index in [0.717, 1.165) is 5.92 Å². The normalized spacial score (nSPS) is 57.5. The van der Waals surface area contributed by atoms with Gasteiger partial charge in [0.15, 0.2) is 0 Å². The van der Waals surface area contributed by atoms with E-state index in [1.165, 1.54) is 25.7 Å². The molecular weight excluding hydrogens is 156 g/mol. The molecule has 0 amide bonds. The maximum Gasteiger partial charge on any atom is 0.00493 e. The van der Waals surface area contributed by atoms with Crippen molar-refractivity contribution in [3.8, 4) is 0 Å². The lowest BCUT2D eigenvalue weighted by Gasteiger charge is -2.26. The first kappa shape index (κ1) is 7.84. The molecule has 0 aromatic heterocycles. The Balaban J connectivity index is 1.88. The Morgan fingerprint density at radius 1 is 1.54 bits per heavy atom. The fourth-order valence-corrected chi connectivity index (χ4v) is 3.27. The predicted octanol–water partition coefficient (Wildman–Crippen LogP) is 3.70. The van der Waals surface area contributed by atoms with Gasteiger partial charge in [0.1, 0.15) is 0 Å². The van der Waals surface area contributed by atoms with E-state index in [-0.39, 0.29) is 0 Å². The predicted molar refractivity (Wildman–Crippen MR) is 55.4 cm³/mol. The van der Waals surface area contributed by atoms with Crippen LogP contribution in [0.5, 0.6) is 0 Å². The quantitative estimate of drug-likeness (QED) is 0.532. The fourth-order valence-electron chi connectivity index (χ4n) is 3.27. The van der Waals surface area contributed by atoms with Crippen molar-refractivity contribution in [1.29, 1.82) is 0 Å². The molecule has 0 aromatic carbocycles. The molecule has 1 spiro atoms. The van der Waals surface area contributed by atoms with Crippen molar-refractivity contribution in [2.75, 3.05) is 0 Å². The monoisotopic (exact) mass is 174 g/mol. The highest BCUT2D eigenvalue weighted by Gasteiger charge is 2.74. The van der Waals surface area contributed by atoms with E-state index < -0.39 is 0 Å². The van der Waals surface area contributed by atoms with Gasteiger partial charge in [0.25, 0.3) is 0 Å². The highest BCUT2D eigenvalue weighted by molar-refractivity contribution is 5.52. The first-order valence-corrected chi connectivity index (χ1v) is 5.49. The summed E-state index contributed by atoms with van der Waals surface area (Å²) < 4.78 is 0. The van der Waals surface area contributed by atoms with Crippen LogP contribution < -0.4 is 0 Å². The van der Waals surface area contributed by atoms with E-state index in [2.05, 4.69) is 26.5 Å². The van der Waals surface area contributed by atoms with Crippen LogP contribution in [0.1, 0.15) is 39.5 Å². The molecule has 3 saturated carbocycles. The summed E-state index contributed by atoms with van der Waals surface area (Å²) in [5.41, 5.74) is 4.75. The average Bonchev–Trinajstić information content (AvgIpc) is 2.92. The molecule has 0 N–H and O–H groups in total. The summed E-state index contributed by atoms with van der Waals surface area (Å²) in [7, 11) is 0. The molecule has 3 aliphatic rings. The summed E-state index contributed by atoms with van der Waals surface area (Å²) in [4.78, 5) is 0. The van der Waals surface area contributed by atoms with Crippen LogP contribution in [0.4, 0.5) is 0 Å². The Morgan fingerprint density at radius 2 is 2.31 bits per heavy atom. The third-order valence-electron chi connectivity index (χ3n) is 4.85. The second-order valence-corrected chi connectivity index (χ2v) is 5.50. The van der Waals surface area contributed by atoms with Crippen LogP contribution in [0, 0.1) is 16.7 Å². The number of rotatable bonds is 1. The van der Waals surface area contributed by atoms with Crippen LogP contribution >= 0.6 is 0 Å². The van der Waals surface area contributed by atoms with Gasteiger partial charge in [-0.3, -0.25) is 0 Å². The Bertz CT molecular complexity index is 323. The molecule has 3 fully saturated rings. The molecule has 3 atom stereocenters. The SMILES string of the molecule is C=CC1(C)CC12CC2=C1CCC1C. The van der Waals surface area contributed by atoms with E-state index in [9.17, 15) is 0 Å². The smallest absolute Gasteiger partial charge is 0.00493 e. The molecule has 70 valence electrons. The van der Waals surface area contributed by atoms with Gasteiger partial charge < -0.3 is 0 Å². The molecular formula is C13H18. The summed E-state index contributed by atoms with van der Waals surface area (Å²) in [5, 5.41) is 0. The van der Waals surface area contributed by atoms with Gasteiger partial charge in [0.05, 0.1) is 0 Å². The van der Waals surface area contributed by atoms with Gasteiger partial charge in [-0.05, 0) is 37.0 Å². The van der Waals surface area contributed by atoms with Crippen molar-refractivity contribution in [3.05, 3.63) is 23.8 Å². The molecule has 0 aromatic rings. The second-order valence-electron chi connectivity index (χ2n) is 5.50. The summed E-state index contributed by atoms with van der Waals surface area (Å²) >= 11 is 0. The van der Waals surface area contributed by atoms with E-state index >= 15 is 0 Å². The molecule has 13 heavy (non-hydrogen) atoms. The van der Waals surface area contributed by atoms with Crippen molar-refractivity contribution >= 4 is 0 Å². The summed E-state index contributed by atoms with van der Waals surface area (Å²) in [6.07, 6.45) is 7.79. The summed E-state index contributed by atoms with van der Waals surface area (Å²) in [5.74, 6) is 0.907. The lowest BCUT2D eigenvalue weighted by Crippen LogP contribution is -2.11. The third kappa shape index (κ3) is 0.734. The van der Waals surface area contributed by atoms with E-state index in [0.29, 0.717) is 10.8 Å². The molecule has 3 rings (SSSR count). The van der Waals surface area contributed by atoms with Crippen LogP contribution in [0.25, 0.3) is 0 Å². The lowest BCUT2D eigenvalue weighted by atomic mass is 9.79. The van der Waals surface area contributed by atoms with Gasteiger partial charge in [-0.15, -0.1) is 6.58 Å². The van der Waals surface area contributed by atoms with Gasteiger partial charge in [-0.2, -0.15) is 0 Å². The van der Waals surface area contributed by atoms with Gasteiger partial charge >= 0.3 is 0 Å². The lowest BCUT2D eigenvalue weighted by molar-refractivity contribution is 0.476. The zero-order valence-electron chi connectivity index (χ0n) is 8.69. The largest absolute Gasteiger partial charge is 0.102 e. The minimum atomic E-state index is 0.477. The van der Waals surface area contributed by atoms with Crippen LogP contribution in [0.2, 0.25) is 0 Å². The highest BCUT2D eigenvalue weighted by Crippen LogP contribution is 2.83. The molecule has 0 radical (unpaired) electrons. The Morgan fingerprint density at radius 3 is 2.69 bits per heavy atom. The van der Waals surface area contributed by atoms with Crippen LogP contribution in [0.3, 0.4) is 0 Å². The number of hydrogen-bond donors (Lipinski definition) is 0. The van der Waals surface area contributed by atoms with Crippen LogP contribution in [-0.4, -0.2) is 0 Å². The van der Waals surface area contributed by atoms with Crippen molar-refractivity contribution in [3.63, 3.8) is 0 Å². The maximum atomic E-state index is 3.96. The highest BCUT2D eigenvalue weighted by atomic mass is 14.8. The van der Waals surface area contributed by atoms with E-state index in [1.54, 1.807) is 0 Å². The first-order valence-electron chi connectivity index (χ1n) is 5.49. The average molecular weight is 174 g/mol. The first-order chi connectivity index (χ1) is 6.13. The Kier molecular flexibility index (Phi) is 1.17. The third-order valence-corrected chi connectivity index (χ3v) is 4.85. The summed E-state index contributed by atoms with van der Waals surface area (Å²) in [6, 6.07) is 0. The zero-order valence-corrected chi connectivity index (χ0v) is 8.69. The molecule has 3 unspecified atom stereocenters. The van der Waals surface area contributed by atoms with Gasteiger partial charge in [0.2, 0.25) is 0 Å². The molecule has 0 nitrogen and oxygen atoms in total. The van der Waals surface area contributed by atoms with Crippen molar-refractivity contribution in [1.82, 2.24) is 0 Å². The fraction of sp³-hybridized carbons (Fsp3) is 0.692. The van der Waals surface area contributed by atoms with Crippen molar-refractivity contribution < 1.29 is 0 Å². The maximum absolute atomic E-state index is 3.96. The zero-order chi connectivity index (χ0) is 9.27. The van der Waals surface area contributed by atoms with E-state index in [4.69, 9.17) is 0 Å². The Labute approximate surface area is 80.7 Å². The van der Waals surface area contributed by atoms with Crippen molar-refractivity contribution in [2.45, 2.75) is 39.5 Å². The molecule has 0 bridgehead atoms. The van der Waals surface area contributed by atoms with Gasteiger partial charge in [-0.25, -0.2) is 0 Å². The Hall–Kier alpha value is -0.520. The van der Waals surface area contributed by atoms with Crippen molar-refractivity contribution in [2.24, 2.45) is 16.7 Å². The number of hydrogen-bond acceptors (Lipinski definition) is 0. The van der Waals surface area contributed by atoms with Gasteiger partial charge in [-0.1, -0.05) is 31.1 Å². The molecule has 0 heteroatoms.